The smallest absolute Gasteiger partial charge is 0.203 e. The van der Waals surface area contributed by atoms with Gasteiger partial charge >= 0.3 is 0 Å². The quantitative estimate of drug-likeness (QED) is 0.413. The Labute approximate surface area is 165 Å². The van der Waals surface area contributed by atoms with Gasteiger partial charge in [-0.15, -0.1) is 21.5 Å². The van der Waals surface area contributed by atoms with E-state index in [1.54, 1.807) is 21.3 Å². The van der Waals surface area contributed by atoms with E-state index < -0.39 is 0 Å². The summed E-state index contributed by atoms with van der Waals surface area (Å²) < 4.78 is 16.1. The molecular formula is C19H18N2O4S2. The summed E-state index contributed by atoms with van der Waals surface area (Å²) >= 11 is 2.81. The van der Waals surface area contributed by atoms with Gasteiger partial charge in [-0.3, -0.25) is 4.79 Å². The van der Waals surface area contributed by atoms with Crippen LogP contribution in [0.5, 0.6) is 17.2 Å². The molecule has 2 aromatic heterocycles. The number of ketones is 1. The predicted molar refractivity (Wildman–Crippen MR) is 106 cm³/mol. The minimum absolute atomic E-state index is 0.0884. The number of thiophene rings is 1. The van der Waals surface area contributed by atoms with Gasteiger partial charge in [-0.1, -0.05) is 17.8 Å². The lowest BCUT2D eigenvalue weighted by Crippen LogP contribution is -2.00. The first kappa shape index (κ1) is 19.2. The molecule has 0 fully saturated rings. The number of aromatic nitrogens is 2. The summed E-state index contributed by atoms with van der Waals surface area (Å²) in [4.78, 5) is 12.8. The van der Waals surface area contributed by atoms with Crippen LogP contribution in [0, 0.1) is 0 Å². The number of carbonyl (C=O) groups is 1. The van der Waals surface area contributed by atoms with E-state index in [-0.39, 0.29) is 5.78 Å². The summed E-state index contributed by atoms with van der Waals surface area (Å²) in [6.45, 7) is 0. The predicted octanol–water partition coefficient (Wildman–Crippen LogP) is 4.21. The number of hydrogen-bond donors (Lipinski definition) is 0. The van der Waals surface area contributed by atoms with Gasteiger partial charge in [0.2, 0.25) is 5.75 Å². The zero-order valence-corrected chi connectivity index (χ0v) is 16.7. The Morgan fingerprint density at radius 2 is 1.78 bits per heavy atom. The van der Waals surface area contributed by atoms with E-state index in [9.17, 15) is 4.79 Å². The first-order valence-corrected chi connectivity index (χ1v) is 9.86. The van der Waals surface area contributed by atoms with Crippen LogP contribution in [0.2, 0.25) is 0 Å². The van der Waals surface area contributed by atoms with Gasteiger partial charge in [0.15, 0.2) is 17.3 Å². The summed E-state index contributed by atoms with van der Waals surface area (Å²) in [5.41, 5.74) is 1.46. The van der Waals surface area contributed by atoms with Gasteiger partial charge in [-0.05, 0) is 35.7 Å². The number of methoxy groups -OCH3 is 3. The lowest BCUT2D eigenvalue weighted by Gasteiger charge is -2.13. The van der Waals surface area contributed by atoms with E-state index in [0.29, 0.717) is 33.7 Å². The molecule has 6 nitrogen and oxygen atoms in total. The molecule has 2 heterocycles. The zero-order chi connectivity index (χ0) is 19.2. The molecule has 0 bridgehead atoms. The van der Waals surface area contributed by atoms with Crippen molar-refractivity contribution in [1.29, 1.82) is 0 Å². The molecule has 0 radical (unpaired) electrons. The van der Waals surface area contributed by atoms with E-state index >= 15 is 0 Å². The van der Waals surface area contributed by atoms with Crippen LogP contribution in [0.3, 0.4) is 0 Å². The van der Waals surface area contributed by atoms with Crippen LogP contribution in [-0.4, -0.2) is 43.1 Å². The summed E-state index contributed by atoms with van der Waals surface area (Å²) in [7, 11) is 4.69. The minimum atomic E-state index is 0.0884. The standard InChI is InChI=1S/C19H18N2O4S2/c1-23-15-9-12(10-16(24-2)19(15)25-3)13-6-7-18(21-20-13)27-11-14(22)17-5-4-8-26-17/h4-10H,11H2,1-3H3. The van der Waals surface area contributed by atoms with Gasteiger partial charge in [0.05, 0.1) is 37.7 Å². The van der Waals surface area contributed by atoms with Gasteiger partial charge in [0, 0.05) is 5.56 Å². The Hall–Kier alpha value is -2.58. The molecule has 8 heteroatoms. The van der Waals surface area contributed by atoms with Gasteiger partial charge in [0.25, 0.3) is 0 Å². The number of hydrogen-bond acceptors (Lipinski definition) is 8. The number of ether oxygens (including phenoxy) is 3. The van der Waals surface area contributed by atoms with E-state index in [2.05, 4.69) is 10.2 Å². The third-order valence-corrected chi connectivity index (χ3v) is 5.58. The third kappa shape index (κ3) is 4.40. The second-order valence-corrected chi connectivity index (χ2v) is 7.30. The van der Waals surface area contributed by atoms with Gasteiger partial charge in [-0.2, -0.15) is 0 Å². The average Bonchev–Trinajstić information content (AvgIpc) is 3.26. The van der Waals surface area contributed by atoms with Crippen molar-refractivity contribution in [3.63, 3.8) is 0 Å². The molecule has 0 saturated heterocycles. The number of carbonyl (C=O) groups excluding carboxylic acids is 1. The van der Waals surface area contributed by atoms with Gasteiger partial charge in [-0.25, -0.2) is 0 Å². The number of rotatable bonds is 8. The summed E-state index contributed by atoms with van der Waals surface area (Å²) in [5.74, 6) is 2.04. The molecule has 0 N–H and O–H groups in total. The Morgan fingerprint density at radius 3 is 2.30 bits per heavy atom. The van der Waals surface area contributed by atoms with Crippen molar-refractivity contribution in [2.75, 3.05) is 27.1 Å². The second-order valence-electron chi connectivity index (χ2n) is 5.36. The van der Waals surface area contributed by atoms with Crippen LogP contribution in [-0.2, 0) is 0 Å². The Morgan fingerprint density at radius 1 is 1.04 bits per heavy atom. The van der Waals surface area contributed by atoms with Crippen LogP contribution >= 0.6 is 23.1 Å². The maximum Gasteiger partial charge on any atom is 0.203 e. The fourth-order valence-corrected chi connectivity index (χ4v) is 3.88. The minimum Gasteiger partial charge on any atom is -0.493 e. The summed E-state index contributed by atoms with van der Waals surface area (Å²) in [6, 6.07) is 11.0. The molecule has 0 amide bonds. The van der Waals surface area contributed by atoms with Crippen LogP contribution in [0.1, 0.15) is 9.67 Å². The average molecular weight is 402 g/mol. The van der Waals surface area contributed by atoms with Crippen molar-refractivity contribution in [2.45, 2.75) is 5.03 Å². The highest BCUT2D eigenvalue weighted by Crippen LogP contribution is 2.40. The van der Waals surface area contributed by atoms with Crippen LogP contribution in [0.15, 0.2) is 46.8 Å². The molecule has 27 heavy (non-hydrogen) atoms. The molecule has 0 aliphatic heterocycles. The van der Waals surface area contributed by atoms with Crippen LogP contribution in [0.25, 0.3) is 11.3 Å². The number of benzene rings is 1. The molecule has 0 atom stereocenters. The van der Waals surface area contributed by atoms with Crippen molar-refractivity contribution in [3.8, 4) is 28.5 Å². The Kier molecular flexibility index (Phi) is 6.31. The molecule has 0 unspecified atom stereocenters. The third-order valence-electron chi connectivity index (χ3n) is 3.75. The molecule has 0 aliphatic rings. The Bertz CT molecular complexity index is 887. The fourth-order valence-electron chi connectivity index (χ4n) is 2.43. The maximum absolute atomic E-state index is 12.1. The maximum atomic E-state index is 12.1. The first-order chi connectivity index (χ1) is 13.2. The number of thioether (sulfide) groups is 1. The van der Waals surface area contributed by atoms with E-state index in [4.69, 9.17) is 14.2 Å². The van der Waals surface area contributed by atoms with Gasteiger partial charge < -0.3 is 14.2 Å². The summed E-state index contributed by atoms with van der Waals surface area (Å²) in [5, 5.41) is 11.1. The molecule has 3 rings (SSSR count). The fraction of sp³-hybridized carbons (Fsp3) is 0.211. The monoisotopic (exact) mass is 402 g/mol. The van der Waals surface area contributed by atoms with E-state index in [0.717, 1.165) is 10.4 Å². The molecule has 1 aromatic carbocycles. The van der Waals surface area contributed by atoms with Gasteiger partial charge in [0.1, 0.15) is 5.03 Å². The normalized spacial score (nSPS) is 10.5. The number of Topliss-reactive ketones (excluding diaryl/α,β-unsaturated/α-hetero) is 1. The van der Waals surface area contributed by atoms with Crippen LogP contribution < -0.4 is 14.2 Å². The molecule has 0 saturated carbocycles. The highest BCUT2D eigenvalue weighted by molar-refractivity contribution is 7.99. The van der Waals surface area contributed by atoms with Crippen molar-refractivity contribution < 1.29 is 19.0 Å². The lowest BCUT2D eigenvalue weighted by molar-refractivity contribution is 0.102. The van der Waals surface area contributed by atoms with Crippen molar-refractivity contribution in [2.24, 2.45) is 0 Å². The van der Waals surface area contributed by atoms with E-state index in [1.165, 1.54) is 23.1 Å². The SMILES string of the molecule is COc1cc(-c2ccc(SCC(=O)c3cccs3)nn2)cc(OC)c1OC. The van der Waals surface area contributed by atoms with Crippen molar-refractivity contribution in [3.05, 3.63) is 46.7 Å². The topological polar surface area (TPSA) is 70.5 Å². The first-order valence-electron chi connectivity index (χ1n) is 8.00. The molecule has 0 aliphatic carbocycles. The van der Waals surface area contributed by atoms with Crippen LogP contribution in [0.4, 0.5) is 0 Å². The molecule has 140 valence electrons. The Balaban J connectivity index is 1.76. The number of nitrogens with zero attached hydrogens (tertiary/aromatic N) is 2. The summed E-state index contributed by atoms with van der Waals surface area (Å²) in [6.07, 6.45) is 0. The van der Waals surface area contributed by atoms with Crippen molar-refractivity contribution >= 4 is 28.9 Å². The molecule has 0 spiro atoms. The second kappa shape index (κ2) is 8.88. The van der Waals surface area contributed by atoms with Crippen molar-refractivity contribution in [1.82, 2.24) is 10.2 Å². The highest BCUT2D eigenvalue weighted by Gasteiger charge is 2.15. The molecular weight excluding hydrogens is 384 g/mol. The largest absolute Gasteiger partial charge is 0.493 e. The van der Waals surface area contributed by atoms with E-state index in [1.807, 2.05) is 41.8 Å². The highest BCUT2D eigenvalue weighted by atomic mass is 32.2. The lowest BCUT2D eigenvalue weighted by atomic mass is 10.1. The zero-order valence-electron chi connectivity index (χ0n) is 15.1. The molecule has 3 aromatic rings.